The van der Waals surface area contributed by atoms with Crippen LogP contribution >= 0.6 is 0 Å². The molecule has 1 aliphatic rings. The summed E-state index contributed by atoms with van der Waals surface area (Å²) in [6.45, 7) is 7.58. The highest BCUT2D eigenvalue weighted by molar-refractivity contribution is 5.86. The molecule has 1 aliphatic heterocycles. The molecule has 106 valence electrons. The first-order valence-electron chi connectivity index (χ1n) is 7.02. The van der Waals surface area contributed by atoms with Crippen molar-refractivity contribution in [2.24, 2.45) is 7.05 Å². The molecule has 2 heterocycles. The maximum atomic E-state index is 12.4. The Morgan fingerprint density at radius 1 is 1.53 bits per heavy atom. The van der Waals surface area contributed by atoms with Crippen molar-refractivity contribution in [3.63, 3.8) is 0 Å². The monoisotopic (exact) mass is 264 g/mol. The molecule has 1 atom stereocenters. The number of aryl methyl sites for hydroxylation is 2. The number of amides is 1. The van der Waals surface area contributed by atoms with Crippen molar-refractivity contribution in [2.75, 3.05) is 6.54 Å². The van der Waals surface area contributed by atoms with Crippen LogP contribution in [0, 0.1) is 13.8 Å². The Morgan fingerprint density at radius 3 is 2.74 bits per heavy atom. The van der Waals surface area contributed by atoms with Crippen molar-refractivity contribution >= 4 is 5.91 Å². The molecule has 1 fully saturated rings. The van der Waals surface area contributed by atoms with Crippen LogP contribution in [0.1, 0.15) is 43.1 Å². The molecule has 1 unspecified atom stereocenters. The third-order valence-corrected chi connectivity index (χ3v) is 4.37. The van der Waals surface area contributed by atoms with Gasteiger partial charge in [0.2, 0.25) is 5.91 Å². The predicted octanol–water partition coefficient (Wildman–Crippen LogP) is 1.19. The molecule has 2 rings (SSSR count). The van der Waals surface area contributed by atoms with Gasteiger partial charge in [-0.25, -0.2) is 0 Å². The lowest BCUT2D eigenvalue weighted by Crippen LogP contribution is -2.52. The fourth-order valence-corrected chi connectivity index (χ4v) is 2.87. The van der Waals surface area contributed by atoms with E-state index in [0.717, 1.165) is 42.8 Å². The SMILES string of the molecule is CCC1(C(=O)NCc2c(C)nn(C)c2C)CCCN1. The van der Waals surface area contributed by atoms with Crippen molar-refractivity contribution in [3.05, 3.63) is 17.0 Å². The van der Waals surface area contributed by atoms with Crippen LogP contribution in [0.2, 0.25) is 0 Å². The second-order valence-electron chi connectivity index (χ2n) is 5.42. The van der Waals surface area contributed by atoms with Crippen molar-refractivity contribution < 1.29 is 4.79 Å². The summed E-state index contributed by atoms with van der Waals surface area (Å²) >= 11 is 0. The fourth-order valence-electron chi connectivity index (χ4n) is 2.87. The van der Waals surface area contributed by atoms with Gasteiger partial charge in [0, 0.05) is 24.8 Å². The van der Waals surface area contributed by atoms with E-state index in [1.165, 1.54) is 0 Å². The summed E-state index contributed by atoms with van der Waals surface area (Å²) in [5, 5.41) is 10.8. The van der Waals surface area contributed by atoms with Gasteiger partial charge in [-0.1, -0.05) is 6.92 Å². The number of hydrogen-bond acceptors (Lipinski definition) is 3. The number of nitrogens with one attached hydrogen (secondary N) is 2. The highest BCUT2D eigenvalue weighted by Gasteiger charge is 2.38. The summed E-state index contributed by atoms with van der Waals surface area (Å²) in [5.41, 5.74) is 2.87. The number of aromatic nitrogens is 2. The van der Waals surface area contributed by atoms with Crippen LogP contribution in [-0.4, -0.2) is 27.8 Å². The maximum Gasteiger partial charge on any atom is 0.240 e. The van der Waals surface area contributed by atoms with E-state index >= 15 is 0 Å². The van der Waals surface area contributed by atoms with Gasteiger partial charge in [-0.3, -0.25) is 9.48 Å². The number of carbonyl (C=O) groups excluding carboxylic acids is 1. The lowest BCUT2D eigenvalue weighted by atomic mass is 9.93. The van der Waals surface area contributed by atoms with Crippen LogP contribution in [0.3, 0.4) is 0 Å². The van der Waals surface area contributed by atoms with Crippen molar-refractivity contribution in [2.45, 2.75) is 52.1 Å². The minimum atomic E-state index is -0.357. The molecule has 2 N–H and O–H groups in total. The number of nitrogens with zero attached hydrogens (tertiary/aromatic N) is 2. The average Bonchev–Trinajstić information content (AvgIpc) is 2.95. The molecular formula is C14H24N4O. The first-order valence-corrected chi connectivity index (χ1v) is 7.02. The predicted molar refractivity (Wildman–Crippen MR) is 74.8 cm³/mol. The summed E-state index contributed by atoms with van der Waals surface area (Å²) in [7, 11) is 1.93. The molecule has 0 bridgehead atoms. The van der Waals surface area contributed by atoms with Gasteiger partial charge in [-0.2, -0.15) is 5.10 Å². The Balaban J connectivity index is 2.04. The second-order valence-corrected chi connectivity index (χ2v) is 5.42. The molecule has 1 saturated heterocycles. The van der Waals surface area contributed by atoms with E-state index in [-0.39, 0.29) is 11.4 Å². The minimum absolute atomic E-state index is 0.121. The third kappa shape index (κ3) is 2.52. The van der Waals surface area contributed by atoms with Crippen LogP contribution < -0.4 is 10.6 Å². The molecule has 5 nitrogen and oxygen atoms in total. The molecule has 5 heteroatoms. The smallest absolute Gasteiger partial charge is 0.240 e. The number of hydrogen-bond donors (Lipinski definition) is 2. The number of carbonyl (C=O) groups is 1. The summed E-state index contributed by atoms with van der Waals surface area (Å²) < 4.78 is 1.86. The average molecular weight is 264 g/mol. The van der Waals surface area contributed by atoms with Crippen LogP contribution in [0.4, 0.5) is 0 Å². The van der Waals surface area contributed by atoms with E-state index in [1.54, 1.807) is 0 Å². The Kier molecular flexibility index (Phi) is 3.94. The van der Waals surface area contributed by atoms with E-state index in [9.17, 15) is 4.79 Å². The van der Waals surface area contributed by atoms with Gasteiger partial charge in [0.25, 0.3) is 0 Å². The van der Waals surface area contributed by atoms with Gasteiger partial charge >= 0.3 is 0 Å². The van der Waals surface area contributed by atoms with E-state index in [0.29, 0.717) is 6.54 Å². The molecule has 0 spiro atoms. The Bertz CT molecular complexity index is 472. The highest BCUT2D eigenvalue weighted by Crippen LogP contribution is 2.23. The summed E-state index contributed by atoms with van der Waals surface area (Å²) in [4.78, 5) is 12.4. The third-order valence-electron chi connectivity index (χ3n) is 4.37. The van der Waals surface area contributed by atoms with E-state index < -0.39 is 0 Å². The van der Waals surface area contributed by atoms with Crippen molar-refractivity contribution in [3.8, 4) is 0 Å². The summed E-state index contributed by atoms with van der Waals surface area (Å²) in [5.74, 6) is 0.121. The topological polar surface area (TPSA) is 59.0 Å². The standard InChI is InChI=1S/C14H24N4O/c1-5-14(7-6-8-16-14)13(19)15-9-12-10(2)17-18(4)11(12)3/h16H,5-9H2,1-4H3,(H,15,19). The zero-order valence-corrected chi connectivity index (χ0v) is 12.3. The molecular weight excluding hydrogens is 240 g/mol. The maximum absolute atomic E-state index is 12.4. The van der Waals surface area contributed by atoms with E-state index in [1.807, 2.05) is 25.6 Å². The number of rotatable bonds is 4. The Morgan fingerprint density at radius 2 is 2.26 bits per heavy atom. The zero-order chi connectivity index (χ0) is 14.0. The largest absolute Gasteiger partial charge is 0.350 e. The molecule has 0 aromatic carbocycles. The van der Waals surface area contributed by atoms with Gasteiger partial charge in [-0.05, 0) is 39.7 Å². The molecule has 1 aromatic rings. The quantitative estimate of drug-likeness (QED) is 0.858. The van der Waals surface area contributed by atoms with Crippen LogP contribution in [0.5, 0.6) is 0 Å². The van der Waals surface area contributed by atoms with Gasteiger partial charge in [0.1, 0.15) is 0 Å². The summed E-state index contributed by atoms with van der Waals surface area (Å²) in [6.07, 6.45) is 2.84. The first kappa shape index (κ1) is 14.1. The first-order chi connectivity index (χ1) is 9.00. The van der Waals surface area contributed by atoms with Crippen LogP contribution in [0.15, 0.2) is 0 Å². The van der Waals surface area contributed by atoms with Gasteiger partial charge < -0.3 is 10.6 Å². The van der Waals surface area contributed by atoms with Crippen molar-refractivity contribution in [1.82, 2.24) is 20.4 Å². The zero-order valence-electron chi connectivity index (χ0n) is 12.3. The normalized spacial score (nSPS) is 22.7. The van der Waals surface area contributed by atoms with E-state index in [4.69, 9.17) is 0 Å². The Labute approximate surface area is 114 Å². The highest BCUT2D eigenvalue weighted by atomic mass is 16.2. The molecule has 0 radical (unpaired) electrons. The van der Waals surface area contributed by atoms with Gasteiger partial charge in [-0.15, -0.1) is 0 Å². The van der Waals surface area contributed by atoms with Crippen LogP contribution in [-0.2, 0) is 18.4 Å². The minimum Gasteiger partial charge on any atom is -0.350 e. The van der Waals surface area contributed by atoms with Gasteiger partial charge in [0.15, 0.2) is 0 Å². The van der Waals surface area contributed by atoms with E-state index in [2.05, 4.69) is 22.7 Å². The summed E-state index contributed by atoms with van der Waals surface area (Å²) in [6, 6.07) is 0. The molecule has 1 amide bonds. The molecule has 0 saturated carbocycles. The van der Waals surface area contributed by atoms with Gasteiger partial charge in [0.05, 0.1) is 11.2 Å². The molecule has 0 aliphatic carbocycles. The van der Waals surface area contributed by atoms with Crippen LogP contribution in [0.25, 0.3) is 0 Å². The lowest BCUT2D eigenvalue weighted by molar-refractivity contribution is -0.127. The molecule has 1 aromatic heterocycles. The second kappa shape index (κ2) is 5.33. The fraction of sp³-hybridized carbons (Fsp3) is 0.714. The molecule has 19 heavy (non-hydrogen) atoms. The van der Waals surface area contributed by atoms with Crippen molar-refractivity contribution in [1.29, 1.82) is 0 Å². The lowest BCUT2D eigenvalue weighted by Gasteiger charge is -2.26. The Hall–Kier alpha value is -1.36.